The number of rotatable bonds is 4. The monoisotopic (exact) mass is 486 g/mol. The molecule has 0 heterocycles. The molecule has 1 fully saturated rings. The lowest BCUT2D eigenvalue weighted by atomic mass is 10.0. The summed E-state index contributed by atoms with van der Waals surface area (Å²) in [6.45, 7) is 7.48. The number of ether oxygens (including phenoxy) is 1. The molecule has 1 saturated carbocycles. The molecule has 0 saturated heterocycles. The summed E-state index contributed by atoms with van der Waals surface area (Å²) in [6.07, 6.45) is -3.67. The van der Waals surface area contributed by atoms with Crippen molar-refractivity contribution in [2.75, 3.05) is 0 Å². The van der Waals surface area contributed by atoms with Gasteiger partial charge in [0.15, 0.2) is 0 Å². The van der Waals surface area contributed by atoms with Gasteiger partial charge in [0.1, 0.15) is 11.6 Å². The molecule has 0 amide bonds. The number of carbonyl (C=O) groups is 1. The van der Waals surface area contributed by atoms with E-state index < -0.39 is 34.4 Å². The Kier molecular flexibility index (Phi) is 5.84. The highest BCUT2D eigenvalue weighted by molar-refractivity contribution is 14.1. The fourth-order valence-electron chi connectivity index (χ4n) is 3.01. The maximum Gasteiger partial charge on any atom is 0.426 e. The second-order valence-corrected chi connectivity index (χ2v) is 8.48. The molecule has 138 valence electrons. The minimum atomic E-state index is -4.59. The normalized spacial score (nSPS) is 22.7. The number of halogens is 5. The molecule has 25 heavy (non-hydrogen) atoms. The predicted molar refractivity (Wildman–Crippen MR) is 99.2 cm³/mol. The van der Waals surface area contributed by atoms with Crippen LogP contribution in [-0.2, 0) is 16.1 Å². The van der Waals surface area contributed by atoms with Crippen molar-refractivity contribution in [2.24, 2.45) is 17.3 Å². The highest BCUT2D eigenvalue weighted by atomic mass is 127. The van der Waals surface area contributed by atoms with E-state index in [1.807, 2.05) is 26.0 Å². The van der Waals surface area contributed by atoms with Crippen LogP contribution in [0.5, 0.6) is 0 Å². The topological polar surface area (TPSA) is 26.3 Å². The van der Waals surface area contributed by atoms with Crippen LogP contribution in [0.25, 0.3) is 0 Å². The number of hydrogen-bond donors (Lipinski definition) is 0. The molecule has 0 bridgehead atoms. The van der Waals surface area contributed by atoms with Gasteiger partial charge in [-0.3, -0.25) is 4.79 Å². The molecule has 2 atom stereocenters. The van der Waals surface area contributed by atoms with Gasteiger partial charge >= 0.3 is 12.1 Å². The Labute approximate surface area is 163 Å². The Morgan fingerprint density at radius 1 is 1.36 bits per heavy atom. The lowest BCUT2D eigenvalue weighted by Crippen LogP contribution is -2.12. The third-order valence-electron chi connectivity index (χ3n) is 4.89. The first-order valence-electron chi connectivity index (χ1n) is 7.73. The standard InChI is InChI=1S/C18H19ClF3IO2/c1-9-5-6-13(23)10(2)11(9)8-25-16(24)15-12(17(15,3)4)7-14(19)18(20,21)22/h5-7,12,15H,8H2,1-4H3. The van der Waals surface area contributed by atoms with Gasteiger partial charge in [-0.05, 0) is 70.5 Å². The molecule has 2 rings (SSSR count). The van der Waals surface area contributed by atoms with Gasteiger partial charge in [-0.15, -0.1) is 0 Å². The van der Waals surface area contributed by atoms with Crippen LogP contribution < -0.4 is 0 Å². The van der Waals surface area contributed by atoms with Crippen molar-refractivity contribution in [2.45, 2.75) is 40.5 Å². The summed E-state index contributed by atoms with van der Waals surface area (Å²) in [5, 5.41) is -1.19. The predicted octanol–water partition coefficient (Wildman–Crippen LogP) is 5.91. The number of allylic oxidation sites excluding steroid dienone is 2. The van der Waals surface area contributed by atoms with E-state index in [1.165, 1.54) is 0 Å². The number of esters is 1. The summed E-state index contributed by atoms with van der Waals surface area (Å²) in [6, 6.07) is 3.94. The minimum absolute atomic E-state index is 0.114. The number of carbonyl (C=O) groups excluding carboxylic acids is 1. The van der Waals surface area contributed by atoms with Gasteiger partial charge in [0.05, 0.1) is 5.92 Å². The van der Waals surface area contributed by atoms with Crippen molar-refractivity contribution in [3.8, 4) is 0 Å². The van der Waals surface area contributed by atoms with Crippen LogP contribution in [-0.4, -0.2) is 12.1 Å². The van der Waals surface area contributed by atoms with Gasteiger partial charge in [-0.2, -0.15) is 13.2 Å². The van der Waals surface area contributed by atoms with Gasteiger partial charge in [0.2, 0.25) is 0 Å². The molecule has 1 aliphatic rings. The number of hydrogen-bond acceptors (Lipinski definition) is 2. The second kappa shape index (κ2) is 7.10. The Hall–Kier alpha value is -0.760. The molecule has 0 aliphatic heterocycles. The van der Waals surface area contributed by atoms with Crippen LogP contribution in [0.1, 0.15) is 30.5 Å². The summed E-state index contributed by atoms with van der Waals surface area (Å²) in [5.74, 6) is -1.69. The molecular weight excluding hydrogens is 468 g/mol. The van der Waals surface area contributed by atoms with Crippen LogP contribution in [0.3, 0.4) is 0 Å². The van der Waals surface area contributed by atoms with Crippen molar-refractivity contribution in [3.05, 3.63) is 43.5 Å². The molecule has 2 nitrogen and oxygen atoms in total. The van der Waals surface area contributed by atoms with Crippen LogP contribution in [0.2, 0.25) is 0 Å². The van der Waals surface area contributed by atoms with Gasteiger partial charge in [-0.1, -0.05) is 37.6 Å². The van der Waals surface area contributed by atoms with E-state index in [4.69, 9.17) is 16.3 Å². The molecule has 0 spiro atoms. The first-order chi connectivity index (χ1) is 11.4. The highest BCUT2D eigenvalue weighted by Crippen LogP contribution is 2.60. The number of alkyl halides is 3. The van der Waals surface area contributed by atoms with Crippen LogP contribution in [0, 0.1) is 34.7 Å². The minimum Gasteiger partial charge on any atom is -0.461 e. The molecule has 1 aromatic carbocycles. The largest absolute Gasteiger partial charge is 0.461 e. The molecule has 7 heteroatoms. The molecule has 0 N–H and O–H groups in total. The van der Waals surface area contributed by atoms with Gasteiger partial charge in [-0.25, -0.2) is 0 Å². The van der Waals surface area contributed by atoms with E-state index in [0.717, 1.165) is 26.3 Å². The van der Waals surface area contributed by atoms with Crippen molar-refractivity contribution >= 4 is 40.2 Å². The van der Waals surface area contributed by atoms with Crippen molar-refractivity contribution in [3.63, 3.8) is 0 Å². The highest BCUT2D eigenvalue weighted by Gasteiger charge is 2.62. The zero-order chi connectivity index (χ0) is 19.2. The quantitative estimate of drug-likeness (QED) is 0.391. The summed E-state index contributed by atoms with van der Waals surface area (Å²) >= 11 is 7.51. The molecular formula is C18H19ClF3IO2. The van der Waals surface area contributed by atoms with Gasteiger partial charge in [0.25, 0.3) is 0 Å². The average Bonchev–Trinajstić information content (AvgIpc) is 3.02. The van der Waals surface area contributed by atoms with E-state index in [0.29, 0.717) is 0 Å². The maximum atomic E-state index is 12.6. The van der Waals surface area contributed by atoms with Crippen LogP contribution in [0.4, 0.5) is 13.2 Å². The van der Waals surface area contributed by atoms with Gasteiger partial charge < -0.3 is 4.74 Å². The first kappa shape index (κ1) is 20.6. The molecule has 1 aliphatic carbocycles. The Balaban J connectivity index is 2.09. The number of aryl methyl sites for hydroxylation is 1. The summed E-state index contributed by atoms with van der Waals surface area (Å²) in [4.78, 5) is 12.4. The zero-order valence-electron chi connectivity index (χ0n) is 14.3. The van der Waals surface area contributed by atoms with Crippen molar-refractivity contribution in [1.29, 1.82) is 0 Å². The second-order valence-electron chi connectivity index (χ2n) is 6.91. The Bertz CT molecular complexity index is 726. The SMILES string of the molecule is Cc1ccc(I)c(C)c1COC(=O)C1C(C=C(Cl)C(F)(F)F)C1(C)C. The fraction of sp³-hybridized carbons (Fsp3) is 0.500. The van der Waals surface area contributed by atoms with E-state index >= 15 is 0 Å². The van der Waals surface area contributed by atoms with Crippen LogP contribution in [0.15, 0.2) is 23.2 Å². The zero-order valence-corrected chi connectivity index (χ0v) is 17.2. The maximum absolute atomic E-state index is 12.6. The lowest BCUT2D eigenvalue weighted by Gasteiger charge is -2.12. The molecule has 0 aromatic heterocycles. The third kappa shape index (κ3) is 4.32. The summed E-state index contributed by atoms with van der Waals surface area (Å²) in [7, 11) is 0. The van der Waals surface area contributed by atoms with Crippen LogP contribution >= 0.6 is 34.2 Å². The summed E-state index contributed by atoms with van der Waals surface area (Å²) in [5.41, 5.74) is 2.38. The molecule has 2 unspecified atom stereocenters. The van der Waals surface area contributed by atoms with E-state index in [2.05, 4.69) is 22.6 Å². The Morgan fingerprint density at radius 2 is 1.96 bits per heavy atom. The van der Waals surface area contributed by atoms with E-state index in [9.17, 15) is 18.0 Å². The first-order valence-corrected chi connectivity index (χ1v) is 9.18. The molecule has 1 aromatic rings. The third-order valence-corrected chi connectivity index (χ3v) is 6.40. The lowest BCUT2D eigenvalue weighted by molar-refractivity contribution is -0.147. The molecule has 0 radical (unpaired) electrons. The van der Waals surface area contributed by atoms with Crippen molar-refractivity contribution < 1.29 is 22.7 Å². The smallest absolute Gasteiger partial charge is 0.426 e. The Morgan fingerprint density at radius 3 is 2.52 bits per heavy atom. The van der Waals surface area contributed by atoms with Crippen molar-refractivity contribution in [1.82, 2.24) is 0 Å². The average molecular weight is 487 g/mol. The van der Waals surface area contributed by atoms with E-state index in [1.54, 1.807) is 13.8 Å². The van der Waals surface area contributed by atoms with E-state index in [-0.39, 0.29) is 6.61 Å². The summed E-state index contributed by atoms with van der Waals surface area (Å²) < 4.78 is 44.3. The number of benzene rings is 1. The van der Waals surface area contributed by atoms with Gasteiger partial charge in [0, 0.05) is 3.57 Å². The fourth-order valence-corrected chi connectivity index (χ4v) is 3.65.